The van der Waals surface area contributed by atoms with Crippen LogP contribution in [0.5, 0.6) is 11.5 Å². The van der Waals surface area contributed by atoms with Crippen LogP contribution in [0.15, 0.2) is 35.6 Å². The van der Waals surface area contributed by atoms with Crippen molar-refractivity contribution in [1.82, 2.24) is 0 Å². The molecule has 1 saturated heterocycles. The number of halogens is 1. The van der Waals surface area contributed by atoms with Crippen molar-refractivity contribution in [2.45, 2.75) is 45.1 Å². The van der Waals surface area contributed by atoms with Crippen LogP contribution in [0.3, 0.4) is 0 Å². The minimum Gasteiger partial charge on any atom is -0.504 e. The molecule has 1 fully saturated rings. The van der Waals surface area contributed by atoms with E-state index in [-0.39, 0.29) is 30.0 Å². The predicted molar refractivity (Wildman–Crippen MR) is 92.9 cm³/mol. The number of allylic oxidation sites excluding steroid dienone is 2. The Labute approximate surface area is 147 Å². The van der Waals surface area contributed by atoms with E-state index in [1.807, 2.05) is 13.0 Å². The van der Waals surface area contributed by atoms with Crippen molar-refractivity contribution in [3.63, 3.8) is 0 Å². The van der Waals surface area contributed by atoms with E-state index in [0.29, 0.717) is 12.0 Å². The Morgan fingerprint density at radius 1 is 1.36 bits per heavy atom. The first-order valence-corrected chi connectivity index (χ1v) is 8.72. The molecule has 0 spiro atoms. The lowest BCUT2D eigenvalue weighted by atomic mass is 9.75. The number of hydrogen-bond donors (Lipinski definition) is 1. The number of phenols is 1. The molecule has 2 atom stereocenters. The monoisotopic (exact) mass is 348 g/mol. The summed E-state index contributed by atoms with van der Waals surface area (Å²) in [7, 11) is 1.40. The van der Waals surface area contributed by atoms with E-state index in [1.54, 1.807) is 0 Å². The highest BCUT2D eigenvalue weighted by atomic mass is 19.1. The Morgan fingerprint density at radius 3 is 2.88 bits per heavy atom. The summed E-state index contributed by atoms with van der Waals surface area (Å²) in [4.78, 5) is 0. The minimum atomic E-state index is -0.554. The molecule has 0 saturated carbocycles. The average Bonchev–Trinajstić information content (AvgIpc) is 3.02. The zero-order valence-electron chi connectivity index (χ0n) is 15.0. The normalized spacial score (nSPS) is 23.4. The number of fused-ring (bicyclic) bond motifs is 1. The third kappa shape index (κ3) is 3.25. The zero-order valence-corrected chi connectivity index (χ0v) is 15.0. The molecule has 1 N–H and O–H groups in total. The molecule has 1 aliphatic carbocycles. The second-order valence-corrected chi connectivity index (χ2v) is 6.80. The van der Waals surface area contributed by atoms with E-state index in [1.165, 1.54) is 24.8 Å². The average molecular weight is 348 g/mol. The summed E-state index contributed by atoms with van der Waals surface area (Å²) in [6.45, 7) is 4.41. The van der Waals surface area contributed by atoms with Gasteiger partial charge in [0.15, 0.2) is 18.3 Å². The highest BCUT2D eigenvalue weighted by Gasteiger charge is 2.48. The molecular weight excluding hydrogens is 323 g/mol. The van der Waals surface area contributed by atoms with E-state index in [2.05, 4.69) is 13.0 Å². The van der Waals surface area contributed by atoms with E-state index in [0.717, 1.165) is 25.0 Å². The fraction of sp³-hybridized carbons (Fsp3) is 0.500. The van der Waals surface area contributed by atoms with Gasteiger partial charge in [-0.25, -0.2) is 4.39 Å². The largest absolute Gasteiger partial charge is 0.504 e. The molecule has 0 bridgehead atoms. The van der Waals surface area contributed by atoms with Crippen LogP contribution in [0.25, 0.3) is 0 Å². The fourth-order valence-corrected chi connectivity index (χ4v) is 3.76. The first-order valence-electron chi connectivity index (χ1n) is 8.72. The standard InChI is InChI=1S/C20H25FO4/c1-4-5-14-6-7-19-20(11-14,25-12-24-19)13(2)8-15-9-17(22)18(23-3)10-16(15)21/h6-7,9-10,13,22H,4-5,8,11-12H2,1-3H3/t13-,20-/m1/s1. The molecule has 1 heterocycles. The summed E-state index contributed by atoms with van der Waals surface area (Å²) in [5, 5.41) is 9.97. The quantitative estimate of drug-likeness (QED) is 0.824. The van der Waals surface area contributed by atoms with E-state index in [9.17, 15) is 9.50 Å². The molecule has 0 unspecified atom stereocenters. The molecule has 136 valence electrons. The SMILES string of the molecule is CCCC1=CC=C2OCO[C@@]2([C@H](C)Cc2cc(O)c(OC)cc2F)C1. The lowest BCUT2D eigenvalue weighted by Crippen LogP contribution is -2.40. The number of rotatable bonds is 6. The molecule has 0 amide bonds. The van der Waals surface area contributed by atoms with Crippen LogP contribution >= 0.6 is 0 Å². The smallest absolute Gasteiger partial charge is 0.189 e. The Hall–Kier alpha value is -2.01. The van der Waals surface area contributed by atoms with Gasteiger partial charge in [-0.15, -0.1) is 0 Å². The van der Waals surface area contributed by atoms with E-state index < -0.39 is 5.60 Å². The Kier molecular flexibility index (Phi) is 5.04. The summed E-state index contributed by atoms with van der Waals surface area (Å²) in [5.74, 6) is 0.502. The van der Waals surface area contributed by atoms with Gasteiger partial charge >= 0.3 is 0 Å². The molecule has 1 aliphatic heterocycles. The van der Waals surface area contributed by atoms with Crippen LogP contribution in [0.1, 0.15) is 38.7 Å². The highest BCUT2D eigenvalue weighted by molar-refractivity contribution is 5.43. The third-order valence-corrected chi connectivity index (χ3v) is 5.15. The van der Waals surface area contributed by atoms with Crippen LogP contribution in [0.4, 0.5) is 4.39 Å². The second-order valence-electron chi connectivity index (χ2n) is 6.80. The molecule has 3 rings (SSSR count). The van der Waals surface area contributed by atoms with Crippen LogP contribution in [0.2, 0.25) is 0 Å². The van der Waals surface area contributed by atoms with Gasteiger partial charge in [-0.2, -0.15) is 0 Å². The molecule has 0 aromatic heterocycles. The Bertz CT molecular complexity index is 710. The van der Waals surface area contributed by atoms with Crippen molar-refractivity contribution in [2.75, 3.05) is 13.9 Å². The van der Waals surface area contributed by atoms with Crippen molar-refractivity contribution in [3.05, 3.63) is 47.0 Å². The Morgan fingerprint density at radius 2 is 2.16 bits per heavy atom. The molecular formula is C20H25FO4. The Balaban J connectivity index is 1.85. The first-order chi connectivity index (χ1) is 12.0. The summed E-state index contributed by atoms with van der Waals surface area (Å²) in [6.07, 6.45) is 7.37. The lowest BCUT2D eigenvalue weighted by Gasteiger charge is -2.36. The van der Waals surface area contributed by atoms with Crippen molar-refractivity contribution >= 4 is 0 Å². The first kappa shape index (κ1) is 17.8. The maximum atomic E-state index is 14.4. The van der Waals surface area contributed by atoms with Gasteiger partial charge in [0, 0.05) is 12.5 Å². The zero-order chi connectivity index (χ0) is 18.0. The molecule has 2 aliphatic rings. The van der Waals surface area contributed by atoms with E-state index in [4.69, 9.17) is 14.2 Å². The molecule has 1 aromatic rings. The number of methoxy groups -OCH3 is 1. The number of ether oxygens (including phenoxy) is 3. The number of hydrogen-bond acceptors (Lipinski definition) is 4. The van der Waals surface area contributed by atoms with Crippen molar-refractivity contribution in [2.24, 2.45) is 5.92 Å². The fourth-order valence-electron chi connectivity index (χ4n) is 3.76. The molecule has 0 radical (unpaired) electrons. The number of benzene rings is 1. The van der Waals surface area contributed by atoms with Crippen LogP contribution in [-0.4, -0.2) is 24.6 Å². The number of aromatic hydroxyl groups is 1. The maximum absolute atomic E-state index is 14.4. The molecule has 4 nitrogen and oxygen atoms in total. The van der Waals surface area contributed by atoms with Gasteiger partial charge in [-0.1, -0.05) is 31.9 Å². The van der Waals surface area contributed by atoms with Crippen molar-refractivity contribution < 1.29 is 23.7 Å². The second kappa shape index (κ2) is 7.08. The van der Waals surface area contributed by atoms with Gasteiger partial charge in [-0.3, -0.25) is 0 Å². The third-order valence-electron chi connectivity index (χ3n) is 5.15. The summed E-state index contributed by atoms with van der Waals surface area (Å²) < 4.78 is 31.1. The maximum Gasteiger partial charge on any atom is 0.189 e. The summed E-state index contributed by atoms with van der Waals surface area (Å²) in [5.41, 5.74) is 1.21. The lowest BCUT2D eigenvalue weighted by molar-refractivity contribution is -0.0382. The summed E-state index contributed by atoms with van der Waals surface area (Å²) in [6, 6.07) is 2.66. The van der Waals surface area contributed by atoms with Gasteiger partial charge in [0.2, 0.25) is 0 Å². The van der Waals surface area contributed by atoms with Crippen molar-refractivity contribution in [3.8, 4) is 11.5 Å². The van der Waals surface area contributed by atoms with Gasteiger partial charge in [-0.05, 0) is 36.5 Å². The molecule has 5 heteroatoms. The van der Waals surface area contributed by atoms with Crippen LogP contribution in [-0.2, 0) is 15.9 Å². The van der Waals surface area contributed by atoms with Gasteiger partial charge in [0.1, 0.15) is 17.2 Å². The topological polar surface area (TPSA) is 47.9 Å². The van der Waals surface area contributed by atoms with Gasteiger partial charge in [0.05, 0.1) is 7.11 Å². The van der Waals surface area contributed by atoms with Gasteiger partial charge < -0.3 is 19.3 Å². The van der Waals surface area contributed by atoms with Crippen LogP contribution in [0, 0.1) is 11.7 Å². The molecule has 25 heavy (non-hydrogen) atoms. The number of phenolic OH excluding ortho intramolecular Hbond substituents is 1. The van der Waals surface area contributed by atoms with E-state index >= 15 is 0 Å². The predicted octanol–water partition coefficient (Wildman–Crippen LogP) is 4.48. The molecule has 1 aromatic carbocycles. The highest BCUT2D eigenvalue weighted by Crippen LogP contribution is 2.46. The minimum absolute atomic E-state index is 0.0101. The van der Waals surface area contributed by atoms with Crippen molar-refractivity contribution in [1.29, 1.82) is 0 Å². The summed E-state index contributed by atoms with van der Waals surface area (Å²) >= 11 is 0. The van der Waals surface area contributed by atoms with Gasteiger partial charge in [0.25, 0.3) is 0 Å². The van der Waals surface area contributed by atoms with Crippen LogP contribution < -0.4 is 4.74 Å².